The smallest absolute Gasteiger partial charge is 0.269 e. The van der Waals surface area contributed by atoms with E-state index >= 15 is 0 Å². The molecule has 0 unspecified atom stereocenters. The van der Waals surface area contributed by atoms with E-state index in [2.05, 4.69) is 4.90 Å². The molecule has 2 aliphatic heterocycles. The first-order valence-corrected chi connectivity index (χ1v) is 6.83. The summed E-state index contributed by atoms with van der Waals surface area (Å²) in [4.78, 5) is 23.9. The minimum atomic E-state index is -1.06. The second-order valence-electron chi connectivity index (χ2n) is 5.46. The minimum Gasteiger partial charge on any atom is -0.550 e. The molecular formula is C14H15N2O4-. The lowest BCUT2D eigenvalue weighted by Crippen LogP contribution is -2.53. The van der Waals surface area contributed by atoms with E-state index in [1.54, 1.807) is 6.07 Å². The van der Waals surface area contributed by atoms with E-state index < -0.39 is 16.8 Å². The van der Waals surface area contributed by atoms with E-state index in [1.165, 1.54) is 12.1 Å². The fraction of sp³-hybridized carbons (Fsp3) is 0.500. The summed E-state index contributed by atoms with van der Waals surface area (Å²) in [6, 6.07) is 4.69. The van der Waals surface area contributed by atoms with E-state index in [1.807, 2.05) is 0 Å². The number of anilines is 1. The standard InChI is InChI=1S/C14H16N2O4/c17-14(18)11-8-9-7-10(16(19)20)4-5-12(9)15-6-2-1-3-13(11)15/h4-5,7,11,13H,1-3,6,8H2,(H,17,18)/p-1/t11-,13-/m0/s1. The number of nitro groups is 1. The van der Waals surface area contributed by atoms with Crippen molar-refractivity contribution >= 4 is 17.3 Å². The SMILES string of the molecule is O=C([O-])[C@H]1Cc2cc([N+](=O)[O-])ccc2N2CCCC[C@@H]12. The van der Waals surface area contributed by atoms with Gasteiger partial charge in [-0.3, -0.25) is 10.1 Å². The highest BCUT2D eigenvalue weighted by molar-refractivity contribution is 5.74. The normalized spacial score (nSPS) is 24.7. The van der Waals surface area contributed by atoms with Crippen LogP contribution >= 0.6 is 0 Å². The van der Waals surface area contributed by atoms with E-state index in [4.69, 9.17) is 0 Å². The average Bonchev–Trinajstić information content (AvgIpc) is 2.45. The maximum absolute atomic E-state index is 11.4. The van der Waals surface area contributed by atoms with Crippen molar-refractivity contribution in [3.8, 4) is 0 Å². The molecule has 0 radical (unpaired) electrons. The van der Waals surface area contributed by atoms with Gasteiger partial charge in [-0.15, -0.1) is 0 Å². The number of carbonyl (C=O) groups excluding carboxylic acids is 1. The Kier molecular flexibility index (Phi) is 3.08. The molecule has 2 atom stereocenters. The molecule has 0 spiro atoms. The molecule has 2 aliphatic rings. The van der Waals surface area contributed by atoms with Crippen molar-refractivity contribution < 1.29 is 14.8 Å². The molecule has 6 heteroatoms. The Bertz CT molecular complexity index is 572. The number of carboxylic acid groups (broad SMARTS) is 1. The number of carbonyl (C=O) groups is 1. The molecule has 106 valence electrons. The van der Waals surface area contributed by atoms with Crippen molar-refractivity contribution in [2.75, 3.05) is 11.4 Å². The summed E-state index contributed by atoms with van der Waals surface area (Å²) in [7, 11) is 0. The molecular weight excluding hydrogens is 260 g/mol. The van der Waals surface area contributed by atoms with Crippen molar-refractivity contribution in [2.24, 2.45) is 5.92 Å². The summed E-state index contributed by atoms with van der Waals surface area (Å²) < 4.78 is 0. The molecule has 20 heavy (non-hydrogen) atoms. The number of nitro benzene ring substituents is 1. The lowest BCUT2D eigenvalue weighted by molar-refractivity contribution is -0.384. The van der Waals surface area contributed by atoms with Crippen LogP contribution in [0.25, 0.3) is 0 Å². The Balaban J connectivity index is 2.04. The Hall–Kier alpha value is -2.11. The fourth-order valence-corrected chi connectivity index (χ4v) is 3.42. The number of hydrogen-bond donors (Lipinski definition) is 0. The van der Waals surface area contributed by atoms with Crippen LogP contribution in [-0.2, 0) is 11.2 Å². The number of nitrogens with zero attached hydrogens (tertiary/aromatic N) is 2. The lowest BCUT2D eigenvalue weighted by Gasteiger charge is -2.46. The molecule has 1 aromatic carbocycles. The molecule has 0 saturated carbocycles. The summed E-state index contributed by atoms with van der Waals surface area (Å²) in [6.45, 7) is 0.805. The van der Waals surface area contributed by atoms with Crippen LogP contribution in [0.5, 0.6) is 0 Å². The molecule has 0 bridgehead atoms. The monoisotopic (exact) mass is 275 g/mol. The summed E-state index contributed by atoms with van der Waals surface area (Å²) >= 11 is 0. The number of non-ortho nitro benzene ring substituents is 1. The molecule has 1 fully saturated rings. The first-order chi connectivity index (χ1) is 9.58. The van der Waals surface area contributed by atoms with Gasteiger partial charge in [0.15, 0.2) is 0 Å². The maximum Gasteiger partial charge on any atom is 0.269 e. The van der Waals surface area contributed by atoms with Gasteiger partial charge in [0.25, 0.3) is 5.69 Å². The van der Waals surface area contributed by atoms with E-state index in [0.717, 1.165) is 37.1 Å². The quantitative estimate of drug-likeness (QED) is 0.590. The first kappa shape index (κ1) is 12.9. The van der Waals surface area contributed by atoms with Crippen molar-refractivity contribution in [1.29, 1.82) is 0 Å². The number of piperidine rings is 1. The molecule has 0 amide bonds. The van der Waals surface area contributed by atoms with Crippen LogP contribution in [0.4, 0.5) is 11.4 Å². The van der Waals surface area contributed by atoms with Crippen molar-refractivity contribution in [1.82, 2.24) is 0 Å². The second kappa shape index (κ2) is 4.77. The summed E-state index contributed by atoms with van der Waals surface area (Å²) in [5.41, 5.74) is 1.70. The van der Waals surface area contributed by atoms with Crippen LogP contribution in [0.1, 0.15) is 24.8 Å². The van der Waals surface area contributed by atoms with E-state index in [0.29, 0.717) is 6.42 Å². The fourth-order valence-electron chi connectivity index (χ4n) is 3.42. The van der Waals surface area contributed by atoms with Crippen LogP contribution in [0.15, 0.2) is 18.2 Å². The Morgan fingerprint density at radius 1 is 1.35 bits per heavy atom. The largest absolute Gasteiger partial charge is 0.550 e. The van der Waals surface area contributed by atoms with E-state index in [9.17, 15) is 20.0 Å². The van der Waals surface area contributed by atoms with Crippen molar-refractivity contribution in [3.05, 3.63) is 33.9 Å². The highest BCUT2D eigenvalue weighted by Crippen LogP contribution is 2.39. The number of benzene rings is 1. The average molecular weight is 275 g/mol. The van der Waals surface area contributed by atoms with Gasteiger partial charge in [-0.05, 0) is 37.3 Å². The maximum atomic E-state index is 11.4. The second-order valence-corrected chi connectivity index (χ2v) is 5.46. The van der Waals surface area contributed by atoms with Crippen LogP contribution in [-0.4, -0.2) is 23.5 Å². The van der Waals surface area contributed by atoms with Crippen LogP contribution in [0.2, 0.25) is 0 Å². The minimum absolute atomic E-state index is 0.0105. The van der Waals surface area contributed by atoms with E-state index in [-0.39, 0.29) is 11.7 Å². The number of rotatable bonds is 2. The number of hydrogen-bond acceptors (Lipinski definition) is 5. The third kappa shape index (κ3) is 2.01. The predicted octanol–water partition coefficient (Wildman–Crippen LogP) is 0.876. The molecule has 3 rings (SSSR count). The first-order valence-electron chi connectivity index (χ1n) is 6.83. The molecule has 0 aliphatic carbocycles. The molecule has 1 saturated heterocycles. The van der Waals surface area contributed by atoms with Crippen molar-refractivity contribution in [2.45, 2.75) is 31.7 Å². The Morgan fingerprint density at radius 3 is 2.85 bits per heavy atom. The third-order valence-corrected chi connectivity index (χ3v) is 4.34. The molecule has 1 aromatic rings. The predicted molar refractivity (Wildman–Crippen MR) is 70.3 cm³/mol. The third-order valence-electron chi connectivity index (χ3n) is 4.34. The molecule has 0 N–H and O–H groups in total. The highest BCUT2D eigenvalue weighted by Gasteiger charge is 2.36. The molecule has 2 heterocycles. The van der Waals surface area contributed by atoms with Crippen molar-refractivity contribution in [3.63, 3.8) is 0 Å². The topological polar surface area (TPSA) is 86.5 Å². The lowest BCUT2D eigenvalue weighted by atomic mass is 9.81. The van der Waals surface area contributed by atoms with Gasteiger partial charge in [-0.2, -0.15) is 0 Å². The number of fused-ring (bicyclic) bond motifs is 3. The zero-order chi connectivity index (χ0) is 14.3. The van der Waals surface area contributed by atoms with Crippen LogP contribution in [0.3, 0.4) is 0 Å². The Labute approximate surface area is 116 Å². The van der Waals surface area contributed by atoms with Crippen LogP contribution < -0.4 is 10.0 Å². The summed E-state index contributed by atoms with van der Waals surface area (Å²) in [6.07, 6.45) is 3.20. The summed E-state index contributed by atoms with van der Waals surface area (Å²) in [5, 5.41) is 22.2. The van der Waals surface area contributed by atoms with Gasteiger partial charge in [0.1, 0.15) is 0 Å². The molecule has 6 nitrogen and oxygen atoms in total. The van der Waals surface area contributed by atoms with Gasteiger partial charge in [-0.1, -0.05) is 0 Å². The molecule has 0 aromatic heterocycles. The summed E-state index contributed by atoms with van der Waals surface area (Å²) in [5.74, 6) is -1.64. The van der Waals surface area contributed by atoms with Gasteiger partial charge in [0, 0.05) is 42.3 Å². The van der Waals surface area contributed by atoms with Gasteiger partial charge in [-0.25, -0.2) is 0 Å². The highest BCUT2D eigenvalue weighted by atomic mass is 16.6. The zero-order valence-corrected chi connectivity index (χ0v) is 10.9. The van der Waals surface area contributed by atoms with Gasteiger partial charge in [0.05, 0.1) is 4.92 Å². The Morgan fingerprint density at radius 2 is 2.15 bits per heavy atom. The van der Waals surface area contributed by atoms with Gasteiger partial charge >= 0.3 is 0 Å². The number of carboxylic acids is 1. The van der Waals surface area contributed by atoms with Gasteiger partial charge < -0.3 is 14.8 Å². The van der Waals surface area contributed by atoms with Gasteiger partial charge in [0.2, 0.25) is 0 Å². The zero-order valence-electron chi connectivity index (χ0n) is 10.9. The number of aliphatic carboxylic acids is 1. The van der Waals surface area contributed by atoms with Crippen LogP contribution in [0, 0.1) is 16.0 Å².